The summed E-state index contributed by atoms with van der Waals surface area (Å²) in [5.74, 6) is 0. The predicted molar refractivity (Wildman–Crippen MR) is 87.8 cm³/mol. The maximum atomic E-state index is 6.37. The molecule has 4 heteroatoms. The third-order valence-electron chi connectivity index (χ3n) is 4.08. The molecule has 2 heterocycles. The standard InChI is InChI=1S/C16H19ClN2S/c1-10(18)13-4-3-12(9-15(13)17)19-7-5-16-14(11(19)2)6-8-20-16/h3-4,6,8-11H,5,7,18H2,1-2H3. The minimum Gasteiger partial charge on any atom is -0.364 e. The van der Waals surface area contributed by atoms with Crippen LogP contribution in [0.25, 0.3) is 0 Å². The van der Waals surface area contributed by atoms with Gasteiger partial charge in [-0.2, -0.15) is 0 Å². The Morgan fingerprint density at radius 2 is 2.20 bits per heavy atom. The Morgan fingerprint density at radius 1 is 1.40 bits per heavy atom. The van der Waals surface area contributed by atoms with E-state index in [2.05, 4.69) is 35.4 Å². The fourth-order valence-corrected chi connectivity index (χ4v) is 4.24. The topological polar surface area (TPSA) is 29.3 Å². The molecular formula is C16H19ClN2S. The summed E-state index contributed by atoms with van der Waals surface area (Å²) >= 11 is 8.23. The van der Waals surface area contributed by atoms with E-state index in [9.17, 15) is 0 Å². The lowest BCUT2D eigenvalue weighted by molar-refractivity contribution is 0.632. The molecule has 2 unspecified atom stereocenters. The van der Waals surface area contributed by atoms with Crippen LogP contribution in [-0.2, 0) is 6.42 Å². The van der Waals surface area contributed by atoms with Crippen LogP contribution in [0.4, 0.5) is 5.69 Å². The molecule has 1 aliphatic rings. The molecule has 0 saturated carbocycles. The molecule has 2 aromatic rings. The predicted octanol–water partition coefficient (Wildman–Crippen LogP) is 4.54. The molecule has 0 saturated heterocycles. The van der Waals surface area contributed by atoms with Crippen LogP contribution in [0, 0.1) is 0 Å². The SMILES string of the molecule is CC(N)c1ccc(N2CCc3sccc3C2C)cc1Cl. The second-order valence-corrected chi connectivity index (χ2v) is 6.82. The minimum absolute atomic E-state index is 0.0289. The third-order valence-corrected chi connectivity index (χ3v) is 5.41. The van der Waals surface area contributed by atoms with Gasteiger partial charge in [0.05, 0.1) is 6.04 Å². The van der Waals surface area contributed by atoms with Crippen molar-refractivity contribution in [3.63, 3.8) is 0 Å². The molecular weight excluding hydrogens is 288 g/mol. The number of hydrogen-bond acceptors (Lipinski definition) is 3. The van der Waals surface area contributed by atoms with Crippen LogP contribution >= 0.6 is 22.9 Å². The van der Waals surface area contributed by atoms with E-state index in [0.717, 1.165) is 23.6 Å². The Kier molecular flexibility index (Phi) is 3.76. The Bertz CT molecular complexity index is 621. The smallest absolute Gasteiger partial charge is 0.0525 e. The van der Waals surface area contributed by atoms with Crippen molar-refractivity contribution >= 4 is 28.6 Å². The summed E-state index contributed by atoms with van der Waals surface area (Å²) < 4.78 is 0. The molecule has 1 aliphatic heterocycles. The number of hydrogen-bond donors (Lipinski definition) is 1. The highest BCUT2D eigenvalue weighted by molar-refractivity contribution is 7.10. The van der Waals surface area contributed by atoms with Crippen molar-refractivity contribution in [3.05, 3.63) is 50.7 Å². The van der Waals surface area contributed by atoms with Crippen LogP contribution in [0.2, 0.25) is 5.02 Å². The molecule has 1 aromatic heterocycles. The van der Waals surface area contributed by atoms with E-state index < -0.39 is 0 Å². The summed E-state index contributed by atoms with van der Waals surface area (Å²) in [4.78, 5) is 3.94. The number of benzene rings is 1. The fourth-order valence-electron chi connectivity index (χ4n) is 2.93. The summed E-state index contributed by atoms with van der Waals surface area (Å²) in [5.41, 5.74) is 9.57. The van der Waals surface area contributed by atoms with Gasteiger partial charge in [-0.3, -0.25) is 0 Å². The lowest BCUT2D eigenvalue weighted by atomic mass is 10.00. The van der Waals surface area contributed by atoms with E-state index >= 15 is 0 Å². The molecule has 2 nitrogen and oxygen atoms in total. The lowest BCUT2D eigenvalue weighted by Gasteiger charge is -2.36. The lowest BCUT2D eigenvalue weighted by Crippen LogP contribution is -2.33. The Morgan fingerprint density at radius 3 is 2.90 bits per heavy atom. The number of rotatable bonds is 2. The summed E-state index contributed by atoms with van der Waals surface area (Å²) in [6.07, 6.45) is 1.12. The number of nitrogens with zero attached hydrogens (tertiary/aromatic N) is 1. The second kappa shape index (κ2) is 5.40. The van der Waals surface area contributed by atoms with E-state index in [1.165, 1.54) is 16.1 Å². The first-order valence-corrected chi connectivity index (χ1v) is 8.21. The molecule has 1 aromatic carbocycles. The Balaban J connectivity index is 1.93. The van der Waals surface area contributed by atoms with Crippen molar-refractivity contribution in [2.24, 2.45) is 5.73 Å². The van der Waals surface area contributed by atoms with Gasteiger partial charge in [0.2, 0.25) is 0 Å². The second-order valence-electron chi connectivity index (χ2n) is 5.41. The Hall–Kier alpha value is -1.03. The van der Waals surface area contributed by atoms with Gasteiger partial charge < -0.3 is 10.6 Å². The van der Waals surface area contributed by atoms with Crippen LogP contribution in [0.3, 0.4) is 0 Å². The van der Waals surface area contributed by atoms with Crippen molar-refractivity contribution in [2.75, 3.05) is 11.4 Å². The van der Waals surface area contributed by atoms with E-state index in [-0.39, 0.29) is 6.04 Å². The summed E-state index contributed by atoms with van der Waals surface area (Å²) in [5, 5.41) is 2.96. The van der Waals surface area contributed by atoms with E-state index in [1.54, 1.807) is 0 Å². The number of nitrogens with two attached hydrogens (primary N) is 1. The maximum Gasteiger partial charge on any atom is 0.0525 e. The van der Waals surface area contributed by atoms with Crippen molar-refractivity contribution in [1.29, 1.82) is 0 Å². The quantitative estimate of drug-likeness (QED) is 0.882. The normalized spacial score (nSPS) is 19.8. The van der Waals surface area contributed by atoms with Gasteiger partial charge in [0, 0.05) is 28.2 Å². The van der Waals surface area contributed by atoms with Crippen LogP contribution in [0.15, 0.2) is 29.6 Å². The molecule has 0 spiro atoms. The number of halogens is 1. The zero-order valence-electron chi connectivity index (χ0n) is 11.8. The van der Waals surface area contributed by atoms with Crippen LogP contribution in [-0.4, -0.2) is 6.54 Å². The zero-order valence-corrected chi connectivity index (χ0v) is 13.3. The van der Waals surface area contributed by atoms with E-state index in [1.807, 2.05) is 24.3 Å². The van der Waals surface area contributed by atoms with Gasteiger partial charge in [-0.25, -0.2) is 0 Å². The monoisotopic (exact) mass is 306 g/mol. The first kappa shape index (κ1) is 13.9. The van der Waals surface area contributed by atoms with Crippen molar-refractivity contribution in [1.82, 2.24) is 0 Å². The van der Waals surface area contributed by atoms with Crippen molar-refractivity contribution in [2.45, 2.75) is 32.4 Å². The van der Waals surface area contributed by atoms with Gasteiger partial charge in [-0.15, -0.1) is 11.3 Å². The molecule has 0 radical (unpaired) electrons. The average molecular weight is 307 g/mol. The van der Waals surface area contributed by atoms with Gasteiger partial charge in [-0.1, -0.05) is 17.7 Å². The van der Waals surface area contributed by atoms with Gasteiger partial charge in [0.1, 0.15) is 0 Å². The number of anilines is 1. The van der Waals surface area contributed by atoms with Gasteiger partial charge in [-0.05, 0) is 55.0 Å². The summed E-state index contributed by atoms with van der Waals surface area (Å²) in [7, 11) is 0. The fraction of sp³-hybridized carbons (Fsp3) is 0.375. The first-order valence-electron chi connectivity index (χ1n) is 6.96. The largest absolute Gasteiger partial charge is 0.364 e. The van der Waals surface area contributed by atoms with Crippen LogP contribution in [0.5, 0.6) is 0 Å². The Labute approximate surface area is 129 Å². The third kappa shape index (κ3) is 2.34. The molecule has 20 heavy (non-hydrogen) atoms. The number of thiophene rings is 1. The van der Waals surface area contributed by atoms with Crippen LogP contribution in [0.1, 0.15) is 41.9 Å². The zero-order chi connectivity index (χ0) is 14.3. The summed E-state index contributed by atoms with van der Waals surface area (Å²) in [6, 6.07) is 8.86. The van der Waals surface area contributed by atoms with Gasteiger partial charge >= 0.3 is 0 Å². The highest BCUT2D eigenvalue weighted by atomic mass is 35.5. The molecule has 0 amide bonds. The van der Waals surface area contributed by atoms with Crippen LogP contribution < -0.4 is 10.6 Å². The summed E-state index contributed by atoms with van der Waals surface area (Å²) in [6.45, 7) is 5.27. The minimum atomic E-state index is -0.0289. The molecule has 2 atom stereocenters. The average Bonchev–Trinajstić information content (AvgIpc) is 2.87. The van der Waals surface area contributed by atoms with E-state index in [0.29, 0.717) is 6.04 Å². The highest BCUT2D eigenvalue weighted by Gasteiger charge is 2.25. The molecule has 0 aliphatic carbocycles. The highest BCUT2D eigenvalue weighted by Crippen LogP contribution is 2.37. The van der Waals surface area contributed by atoms with E-state index in [4.69, 9.17) is 17.3 Å². The maximum absolute atomic E-state index is 6.37. The molecule has 106 valence electrons. The van der Waals surface area contributed by atoms with Crippen molar-refractivity contribution < 1.29 is 0 Å². The molecule has 0 fully saturated rings. The molecule has 2 N–H and O–H groups in total. The first-order chi connectivity index (χ1) is 9.58. The van der Waals surface area contributed by atoms with Gasteiger partial charge in [0.15, 0.2) is 0 Å². The van der Waals surface area contributed by atoms with Gasteiger partial charge in [0.25, 0.3) is 0 Å². The molecule has 3 rings (SSSR count). The van der Waals surface area contributed by atoms with Crippen molar-refractivity contribution in [3.8, 4) is 0 Å². The number of fused-ring (bicyclic) bond motifs is 1. The molecule has 0 bridgehead atoms.